The van der Waals surface area contributed by atoms with Crippen LogP contribution in [0.3, 0.4) is 0 Å². The van der Waals surface area contributed by atoms with E-state index in [-0.39, 0.29) is 23.6 Å². The fourth-order valence-corrected chi connectivity index (χ4v) is 5.70. The number of rotatable bonds is 4. The predicted octanol–water partition coefficient (Wildman–Crippen LogP) is 5.35. The lowest BCUT2D eigenvalue weighted by Gasteiger charge is -2.32. The first-order valence-corrected chi connectivity index (χ1v) is 15.9. The maximum Gasteiger partial charge on any atom is 0.253 e. The van der Waals surface area contributed by atoms with Gasteiger partial charge in [-0.15, -0.1) is 0 Å². The Morgan fingerprint density at radius 2 is 0.500 bits per heavy atom. The standard InChI is InChI=1S/C38H40N4O4/c43-35(31-15-5-1-6-16-31)39-23-13-24-41(37(45)33-19-9-3-10-20-33)29-30-42(38(46)34-21-11-4-12-22-34)26-14-25-40(28-27-39)36(44)32-17-7-2-8-18-32/h1-12,15-22H,13-14,23-30H2. The predicted molar refractivity (Wildman–Crippen MR) is 179 cm³/mol. The second kappa shape index (κ2) is 16.2. The number of hydrogen-bond acceptors (Lipinski definition) is 4. The van der Waals surface area contributed by atoms with Crippen molar-refractivity contribution in [1.29, 1.82) is 0 Å². The van der Waals surface area contributed by atoms with E-state index in [1.807, 2.05) is 72.8 Å². The van der Waals surface area contributed by atoms with Gasteiger partial charge in [0.2, 0.25) is 0 Å². The Morgan fingerprint density at radius 3 is 0.696 bits per heavy atom. The van der Waals surface area contributed by atoms with Crippen molar-refractivity contribution in [3.8, 4) is 0 Å². The van der Waals surface area contributed by atoms with Crippen molar-refractivity contribution in [1.82, 2.24) is 19.6 Å². The Bertz CT molecular complexity index is 1340. The molecule has 4 amide bonds. The highest BCUT2D eigenvalue weighted by Crippen LogP contribution is 2.14. The van der Waals surface area contributed by atoms with Crippen LogP contribution < -0.4 is 0 Å². The van der Waals surface area contributed by atoms with Crippen molar-refractivity contribution in [2.75, 3.05) is 52.4 Å². The number of hydrogen-bond donors (Lipinski definition) is 0. The van der Waals surface area contributed by atoms with E-state index in [1.54, 1.807) is 68.1 Å². The Morgan fingerprint density at radius 1 is 0.304 bits per heavy atom. The summed E-state index contributed by atoms with van der Waals surface area (Å²) in [5, 5.41) is 0. The molecule has 5 rings (SSSR count). The number of nitrogens with zero attached hydrogens (tertiary/aromatic N) is 4. The van der Waals surface area contributed by atoms with E-state index in [1.165, 1.54) is 0 Å². The molecule has 4 aromatic carbocycles. The molecule has 0 saturated carbocycles. The molecule has 1 aliphatic heterocycles. The fourth-order valence-electron chi connectivity index (χ4n) is 5.70. The zero-order chi connectivity index (χ0) is 32.1. The van der Waals surface area contributed by atoms with Crippen LogP contribution in [0.5, 0.6) is 0 Å². The van der Waals surface area contributed by atoms with Crippen LogP contribution in [0.25, 0.3) is 0 Å². The molecule has 1 fully saturated rings. The third kappa shape index (κ3) is 8.47. The second-order valence-corrected chi connectivity index (χ2v) is 11.3. The van der Waals surface area contributed by atoms with E-state index in [2.05, 4.69) is 0 Å². The lowest BCUT2D eigenvalue weighted by atomic mass is 10.1. The fraction of sp³-hybridized carbons (Fsp3) is 0.263. The molecule has 8 heteroatoms. The van der Waals surface area contributed by atoms with E-state index < -0.39 is 0 Å². The second-order valence-electron chi connectivity index (χ2n) is 11.3. The summed E-state index contributed by atoms with van der Waals surface area (Å²) in [5.74, 6) is -0.443. The molecule has 0 radical (unpaired) electrons. The first kappa shape index (κ1) is 32.2. The van der Waals surface area contributed by atoms with Crippen molar-refractivity contribution in [3.05, 3.63) is 144 Å². The van der Waals surface area contributed by atoms with Crippen molar-refractivity contribution in [3.63, 3.8) is 0 Å². The van der Waals surface area contributed by atoms with Gasteiger partial charge >= 0.3 is 0 Å². The van der Waals surface area contributed by atoms with Crippen LogP contribution >= 0.6 is 0 Å². The van der Waals surface area contributed by atoms with E-state index in [0.29, 0.717) is 87.5 Å². The first-order valence-electron chi connectivity index (χ1n) is 15.9. The van der Waals surface area contributed by atoms with Gasteiger partial charge in [0.1, 0.15) is 0 Å². The van der Waals surface area contributed by atoms with Gasteiger partial charge in [0.05, 0.1) is 0 Å². The molecule has 0 aliphatic carbocycles. The van der Waals surface area contributed by atoms with Crippen LogP contribution in [-0.4, -0.2) is 95.6 Å². The molecular formula is C38H40N4O4. The smallest absolute Gasteiger partial charge is 0.253 e. The highest BCUT2D eigenvalue weighted by molar-refractivity contribution is 5.96. The molecule has 8 nitrogen and oxygen atoms in total. The van der Waals surface area contributed by atoms with E-state index in [4.69, 9.17) is 0 Å². The van der Waals surface area contributed by atoms with Crippen LogP contribution in [-0.2, 0) is 0 Å². The van der Waals surface area contributed by atoms with Crippen LogP contribution in [0.4, 0.5) is 0 Å². The number of carbonyl (C=O) groups excluding carboxylic acids is 4. The van der Waals surface area contributed by atoms with Gasteiger partial charge in [-0.1, -0.05) is 72.8 Å². The molecular weight excluding hydrogens is 576 g/mol. The maximum atomic E-state index is 13.7. The summed E-state index contributed by atoms with van der Waals surface area (Å²) in [4.78, 5) is 61.8. The molecule has 0 spiro atoms. The number of benzene rings is 4. The zero-order valence-electron chi connectivity index (χ0n) is 26.0. The highest BCUT2D eigenvalue weighted by atomic mass is 16.2. The van der Waals surface area contributed by atoms with Crippen LogP contribution in [0.1, 0.15) is 54.3 Å². The lowest BCUT2D eigenvalue weighted by Crippen LogP contribution is -2.46. The molecule has 1 aliphatic rings. The summed E-state index contributed by atoms with van der Waals surface area (Å²) in [5.41, 5.74) is 2.32. The molecule has 0 aromatic heterocycles. The van der Waals surface area contributed by atoms with Crippen LogP contribution in [0.15, 0.2) is 121 Å². The van der Waals surface area contributed by atoms with Crippen molar-refractivity contribution in [2.45, 2.75) is 12.8 Å². The van der Waals surface area contributed by atoms with E-state index in [9.17, 15) is 19.2 Å². The van der Waals surface area contributed by atoms with Gasteiger partial charge in [0, 0.05) is 74.6 Å². The van der Waals surface area contributed by atoms with E-state index in [0.717, 1.165) is 0 Å². The minimum atomic E-state index is -0.111. The van der Waals surface area contributed by atoms with Crippen LogP contribution in [0, 0.1) is 0 Å². The SMILES string of the molecule is O=C(c1ccccc1)N1CCCN(C(=O)c2ccccc2)CCN(C(=O)c2ccccc2)CCCN(C(=O)c2ccccc2)CC1. The van der Waals surface area contributed by atoms with Gasteiger partial charge in [0.25, 0.3) is 23.6 Å². The summed E-state index contributed by atoms with van der Waals surface area (Å²) in [6.45, 7) is 2.99. The van der Waals surface area contributed by atoms with Crippen LogP contribution in [0.2, 0.25) is 0 Å². The summed E-state index contributed by atoms with van der Waals surface area (Å²) in [6.07, 6.45) is 1.08. The van der Waals surface area contributed by atoms with Crippen molar-refractivity contribution >= 4 is 23.6 Å². The average Bonchev–Trinajstić information content (AvgIpc) is 3.12. The third-order valence-corrected chi connectivity index (χ3v) is 8.22. The highest BCUT2D eigenvalue weighted by Gasteiger charge is 2.24. The largest absolute Gasteiger partial charge is 0.337 e. The molecule has 0 N–H and O–H groups in total. The maximum absolute atomic E-state index is 13.7. The molecule has 0 unspecified atom stereocenters. The number of amides is 4. The lowest BCUT2D eigenvalue weighted by molar-refractivity contribution is 0.0595. The normalized spacial score (nSPS) is 15.1. The average molecular weight is 617 g/mol. The van der Waals surface area contributed by atoms with Crippen molar-refractivity contribution in [2.24, 2.45) is 0 Å². The van der Waals surface area contributed by atoms with Gasteiger partial charge in [-0.25, -0.2) is 0 Å². The monoisotopic (exact) mass is 616 g/mol. The molecule has 1 heterocycles. The minimum absolute atomic E-state index is 0.111. The van der Waals surface area contributed by atoms with Gasteiger partial charge in [-0.3, -0.25) is 19.2 Å². The Kier molecular flexibility index (Phi) is 11.3. The molecule has 4 aromatic rings. The Labute approximate surface area is 270 Å². The topological polar surface area (TPSA) is 81.2 Å². The van der Waals surface area contributed by atoms with Crippen molar-refractivity contribution < 1.29 is 19.2 Å². The van der Waals surface area contributed by atoms with Gasteiger partial charge < -0.3 is 19.6 Å². The summed E-state index contributed by atoms with van der Waals surface area (Å²) in [6, 6.07) is 36.6. The quantitative estimate of drug-likeness (QED) is 0.310. The Hall–Kier alpha value is -5.24. The molecule has 46 heavy (non-hydrogen) atoms. The van der Waals surface area contributed by atoms with Gasteiger partial charge in [-0.05, 0) is 61.4 Å². The summed E-state index contributed by atoms with van der Waals surface area (Å²) < 4.78 is 0. The summed E-state index contributed by atoms with van der Waals surface area (Å²) >= 11 is 0. The summed E-state index contributed by atoms with van der Waals surface area (Å²) in [7, 11) is 0. The zero-order valence-corrected chi connectivity index (χ0v) is 26.0. The molecule has 0 bridgehead atoms. The van der Waals surface area contributed by atoms with Gasteiger partial charge in [0.15, 0.2) is 0 Å². The first-order chi connectivity index (χ1) is 22.5. The Balaban J connectivity index is 1.42. The molecule has 236 valence electrons. The number of carbonyl (C=O) groups is 4. The molecule has 1 saturated heterocycles. The minimum Gasteiger partial charge on any atom is -0.337 e. The molecule has 0 atom stereocenters. The van der Waals surface area contributed by atoms with Gasteiger partial charge in [-0.2, -0.15) is 0 Å². The van der Waals surface area contributed by atoms with E-state index >= 15 is 0 Å². The third-order valence-electron chi connectivity index (χ3n) is 8.22.